The standard InChI is InChI=1S/C9H9NO.C9H7NO/c2*1-7(11)8-3-5-9(10-2)6-4-8/h3-7,11H,1H3;3-6H,1H3/t7-;/m0./s1. The lowest BCUT2D eigenvalue weighted by atomic mass is 10.1. The van der Waals surface area contributed by atoms with E-state index in [4.69, 9.17) is 18.3 Å². The maximum Gasteiger partial charge on any atom is 0.187 e. The predicted octanol–water partition coefficient (Wildman–Crippen LogP) is 4.73. The smallest absolute Gasteiger partial charge is 0.187 e. The molecule has 110 valence electrons. The lowest BCUT2D eigenvalue weighted by Crippen LogP contribution is -1.88. The average Bonchev–Trinajstić information content (AvgIpc) is 2.55. The van der Waals surface area contributed by atoms with Crippen LogP contribution in [-0.2, 0) is 0 Å². The molecule has 0 bridgehead atoms. The van der Waals surface area contributed by atoms with Gasteiger partial charge in [-0.15, -0.1) is 0 Å². The summed E-state index contributed by atoms with van der Waals surface area (Å²) in [5, 5.41) is 9.11. The third-order valence-electron chi connectivity index (χ3n) is 2.91. The molecule has 22 heavy (non-hydrogen) atoms. The van der Waals surface area contributed by atoms with Crippen LogP contribution in [0.3, 0.4) is 0 Å². The number of carbonyl (C=O) groups excluding carboxylic acids is 1. The largest absolute Gasteiger partial charge is 0.389 e. The Balaban J connectivity index is 0.000000220. The molecule has 0 amide bonds. The highest BCUT2D eigenvalue weighted by atomic mass is 16.3. The van der Waals surface area contributed by atoms with Gasteiger partial charge in [0.2, 0.25) is 0 Å². The van der Waals surface area contributed by atoms with Crippen LogP contribution < -0.4 is 0 Å². The molecule has 4 nitrogen and oxygen atoms in total. The summed E-state index contributed by atoms with van der Waals surface area (Å²) in [7, 11) is 0. The first kappa shape index (κ1) is 17.1. The average molecular weight is 292 g/mol. The molecule has 2 rings (SSSR count). The number of ketones is 1. The molecule has 0 saturated carbocycles. The summed E-state index contributed by atoms with van der Waals surface area (Å²) in [5.41, 5.74) is 2.67. The van der Waals surface area contributed by atoms with Gasteiger partial charge in [-0.1, -0.05) is 48.5 Å². The van der Waals surface area contributed by atoms with Gasteiger partial charge in [0, 0.05) is 5.56 Å². The Kier molecular flexibility index (Phi) is 6.50. The summed E-state index contributed by atoms with van der Waals surface area (Å²) in [4.78, 5) is 17.2. The Morgan fingerprint density at radius 3 is 1.68 bits per heavy atom. The minimum absolute atomic E-state index is 0.0292. The lowest BCUT2D eigenvalue weighted by molar-refractivity contribution is 0.101. The number of rotatable bonds is 2. The fourth-order valence-electron chi connectivity index (χ4n) is 1.60. The summed E-state index contributed by atoms with van der Waals surface area (Å²) in [6, 6.07) is 13.5. The van der Waals surface area contributed by atoms with Crippen molar-refractivity contribution in [1.29, 1.82) is 0 Å². The minimum atomic E-state index is -0.449. The van der Waals surface area contributed by atoms with Gasteiger partial charge in [-0.25, -0.2) is 9.69 Å². The van der Waals surface area contributed by atoms with E-state index in [1.54, 1.807) is 55.5 Å². The van der Waals surface area contributed by atoms with E-state index in [9.17, 15) is 4.79 Å². The Labute approximate surface area is 130 Å². The molecule has 0 unspecified atom stereocenters. The molecule has 0 aliphatic heterocycles. The normalized spacial score (nSPS) is 10.4. The van der Waals surface area contributed by atoms with E-state index in [1.165, 1.54) is 6.92 Å². The van der Waals surface area contributed by atoms with Gasteiger partial charge < -0.3 is 5.11 Å². The number of nitrogens with zero attached hydrogens (tertiary/aromatic N) is 2. The third-order valence-corrected chi connectivity index (χ3v) is 2.91. The van der Waals surface area contributed by atoms with E-state index in [1.807, 2.05) is 0 Å². The predicted molar refractivity (Wildman–Crippen MR) is 86.0 cm³/mol. The van der Waals surface area contributed by atoms with Gasteiger partial charge in [-0.05, 0) is 19.4 Å². The minimum Gasteiger partial charge on any atom is -0.389 e. The number of benzene rings is 2. The Bertz CT molecular complexity index is 703. The zero-order chi connectivity index (χ0) is 16.5. The van der Waals surface area contributed by atoms with Gasteiger partial charge in [0.25, 0.3) is 0 Å². The van der Waals surface area contributed by atoms with Gasteiger partial charge in [0.1, 0.15) is 0 Å². The van der Waals surface area contributed by atoms with Crippen LogP contribution in [0.5, 0.6) is 0 Å². The molecule has 0 radical (unpaired) electrons. The molecule has 4 heteroatoms. The van der Waals surface area contributed by atoms with E-state index in [0.717, 1.165) is 5.56 Å². The number of aliphatic hydroxyl groups is 1. The Morgan fingerprint density at radius 1 is 0.955 bits per heavy atom. The van der Waals surface area contributed by atoms with Crippen LogP contribution in [-0.4, -0.2) is 10.9 Å². The van der Waals surface area contributed by atoms with Crippen molar-refractivity contribution in [3.05, 3.63) is 82.5 Å². The maximum absolute atomic E-state index is 10.8. The first-order chi connectivity index (χ1) is 10.5. The second-order valence-corrected chi connectivity index (χ2v) is 4.59. The van der Waals surface area contributed by atoms with Gasteiger partial charge in [-0.2, -0.15) is 0 Å². The van der Waals surface area contributed by atoms with E-state index in [2.05, 4.69) is 9.69 Å². The maximum atomic E-state index is 10.8. The summed E-state index contributed by atoms with van der Waals surface area (Å²) < 4.78 is 0. The highest BCUT2D eigenvalue weighted by Gasteiger charge is 1.98. The van der Waals surface area contributed by atoms with Crippen molar-refractivity contribution in [2.75, 3.05) is 0 Å². The second-order valence-electron chi connectivity index (χ2n) is 4.59. The molecule has 0 aromatic heterocycles. The monoisotopic (exact) mass is 292 g/mol. The zero-order valence-electron chi connectivity index (χ0n) is 12.4. The van der Waals surface area contributed by atoms with Crippen LogP contribution in [0.1, 0.15) is 35.9 Å². The number of hydrogen-bond acceptors (Lipinski definition) is 2. The summed E-state index contributed by atoms with van der Waals surface area (Å²) >= 11 is 0. The lowest BCUT2D eigenvalue weighted by Gasteiger charge is -2.02. The SMILES string of the molecule is [C-]#[N+]c1ccc(C(C)=O)cc1.[C-]#[N+]c1ccc([C@H](C)O)cc1. The molecular formula is C18H16N2O2. The number of hydrogen-bond donors (Lipinski definition) is 1. The molecule has 0 heterocycles. The van der Waals surface area contributed by atoms with Crippen LogP contribution in [0.4, 0.5) is 11.4 Å². The van der Waals surface area contributed by atoms with E-state index >= 15 is 0 Å². The number of aliphatic hydroxyl groups excluding tert-OH is 1. The molecule has 0 aliphatic carbocycles. The van der Waals surface area contributed by atoms with E-state index in [-0.39, 0.29) is 5.78 Å². The van der Waals surface area contributed by atoms with Crippen molar-refractivity contribution in [2.45, 2.75) is 20.0 Å². The van der Waals surface area contributed by atoms with Crippen molar-refractivity contribution in [3.8, 4) is 0 Å². The molecule has 0 spiro atoms. The summed E-state index contributed by atoms with van der Waals surface area (Å²) in [6.07, 6.45) is -0.449. The van der Waals surface area contributed by atoms with Crippen molar-refractivity contribution in [2.24, 2.45) is 0 Å². The van der Waals surface area contributed by atoms with Crippen LogP contribution in [0, 0.1) is 13.1 Å². The number of carbonyl (C=O) groups is 1. The fraction of sp³-hybridized carbons (Fsp3) is 0.167. The summed E-state index contributed by atoms with van der Waals surface area (Å²) in [5.74, 6) is 0.0292. The van der Waals surface area contributed by atoms with Crippen molar-refractivity contribution in [3.63, 3.8) is 0 Å². The molecule has 0 saturated heterocycles. The van der Waals surface area contributed by atoms with E-state index < -0.39 is 6.10 Å². The van der Waals surface area contributed by atoms with Gasteiger partial charge in [0.05, 0.1) is 19.2 Å². The molecule has 0 fully saturated rings. The quantitative estimate of drug-likeness (QED) is 0.642. The first-order valence-corrected chi connectivity index (χ1v) is 6.62. The fourth-order valence-corrected chi connectivity index (χ4v) is 1.60. The summed E-state index contributed by atoms with van der Waals surface area (Å²) in [6.45, 7) is 16.6. The van der Waals surface area contributed by atoms with Crippen LogP contribution in [0.25, 0.3) is 9.69 Å². The molecule has 1 N–H and O–H groups in total. The highest BCUT2D eigenvalue weighted by Crippen LogP contribution is 2.17. The van der Waals surface area contributed by atoms with Crippen molar-refractivity contribution < 1.29 is 9.90 Å². The topological polar surface area (TPSA) is 46.0 Å². The highest BCUT2D eigenvalue weighted by molar-refractivity contribution is 5.94. The van der Waals surface area contributed by atoms with Crippen LogP contribution in [0.2, 0.25) is 0 Å². The number of Topliss-reactive ketones (excluding diaryl/α,β-unsaturated/α-hetero) is 1. The van der Waals surface area contributed by atoms with Crippen LogP contribution in [0.15, 0.2) is 48.5 Å². The Hall–Kier alpha value is -2.95. The third kappa shape index (κ3) is 5.20. The van der Waals surface area contributed by atoms with Crippen molar-refractivity contribution >= 4 is 17.2 Å². The first-order valence-electron chi connectivity index (χ1n) is 6.62. The van der Waals surface area contributed by atoms with Gasteiger partial charge >= 0.3 is 0 Å². The van der Waals surface area contributed by atoms with E-state index in [0.29, 0.717) is 16.9 Å². The Morgan fingerprint density at radius 2 is 1.36 bits per heavy atom. The van der Waals surface area contributed by atoms with Gasteiger partial charge in [0.15, 0.2) is 17.2 Å². The van der Waals surface area contributed by atoms with Crippen LogP contribution >= 0.6 is 0 Å². The molecular weight excluding hydrogens is 276 g/mol. The molecule has 2 aromatic rings. The van der Waals surface area contributed by atoms with Crippen molar-refractivity contribution in [1.82, 2.24) is 0 Å². The molecule has 1 atom stereocenters. The molecule has 2 aromatic carbocycles. The zero-order valence-corrected chi connectivity index (χ0v) is 12.4. The second kappa shape index (κ2) is 8.36. The van der Waals surface area contributed by atoms with Gasteiger partial charge in [-0.3, -0.25) is 4.79 Å². The molecule has 0 aliphatic rings.